The predicted molar refractivity (Wildman–Crippen MR) is 95.3 cm³/mol. The van der Waals surface area contributed by atoms with Crippen molar-refractivity contribution in [1.29, 1.82) is 0 Å². The molecule has 1 aromatic carbocycles. The van der Waals surface area contributed by atoms with Crippen molar-refractivity contribution in [2.24, 2.45) is 5.41 Å². The van der Waals surface area contributed by atoms with Crippen molar-refractivity contribution in [1.82, 2.24) is 15.1 Å². The van der Waals surface area contributed by atoms with Crippen molar-refractivity contribution < 1.29 is 9.13 Å². The lowest BCUT2D eigenvalue weighted by Gasteiger charge is -2.38. The molecule has 5 heteroatoms. The number of fused-ring (bicyclic) bond motifs is 1. The second-order valence-corrected chi connectivity index (χ2v) is 8.09. The molecular weight excluding hydrogens is 317 g/mol. The fourth-order valence-corrected chi connectivity index (χ4v) is 4.17. The molecule has 0 radical (unpaired) electrons. The lowest BCUT2D eigenvalue weighted by atomic mass is 9.74. The number of halogens is 1. The van der Waals surface area contributed by atoms with Crippen molar-refractivity contribution in [3.05, 3.63) is 47.5 Å². The number of nitrogens with one attached hydrogen (secondary N) is 1. The molecule has 1 aliphatic carbocycles. The van der Waals surface area contributed by atoms with E-state index in [1.807, 2.05) is 16.9 Å². The first-order valence-corrected chi connectivity index (χ1v) is 9.18. The standard InChI is InChI=1S/C20H26FN3O/c1-20(2)11-18(23-15-6-8-25-9-7-15)17-13-22-24(19(17)12-20)16-5-3-4-14(21)10-16/h3-5,10,13,15,18,23H,6-9,11-12H2,1-2H3. The van der Waals surface area contributed by atoms with Gasteiger partial charge in [-0.15, -0.1) is 0 Å². The Hall–Kier alpha value is -1.72. The summed E-state index contributed by atoms with van der Waals surface area (Å²) >= 11 is 0. The van der Waals surface area contributed by atoms with Crippen LogP contribution in [0.25, 0.3) is 5.69 Å². The minimum absolute atomic E-state index is 0.181. The highest BCUT2D eigenvalue weighted by Crippen LogP contribution is 2.41. The number of benzene rings is 1. The molecule has 0 saturated carbocycles. The smallest absolute Gasteiger partial charge is 0.125 e. The summed E-state index contributed by atoms with van der Waals surface area (Å²) < 4.78 is 21.1. The molecule has 2 heterocycles. The number of aromatic nitrogens is 2. The first-order valence-electron chi connectivity index (χ1n) is 9.18. The SMILES string of the molecule is CC1(C)Cc2c(cnn2-c2cccc(F)c2)C(NC2CCOCC2)C1. The van der Waals surface area contributed by atoms with E-state index in [1.165, 1.54) is 17.3 Å². The topological polar surface area (TPSA) is 39.1 Å². The van der Waals surface area contributed by atoms with Gasteiger partial charge in [-0.25, -0.2) is 9.07 Å². The van der Waals surface area contributed by atoms with E-state index in [0.717, 1.165) is 44.6 Å². The summed E-state index contributed by atoms with van der Waals surface area (Å²) in [4.78, 5) is 0. The molecule has 2 aromatic rings. The zero-order chi connectivity index (χ0) is 17.4. The summed E-state index contributed by atoms with van der Waals surface area (Å²) in [5, 5.41) is 8.44. The van der Waals surface area contributed by atoms with Gasteiger partial charge in [0.25, 0.3) is 0 Å². The normalized spacial score (nSPS) is 23.4. The van der Waals surface area contributed by atoms with Crippen molar-refractivity contribution in [2.45, 2.75) is 51.6 Å². The molecule has 0 bridgehead atoms. The number of rotatable bonds is 3. The maximum atomic E-state index is 13.7. The van der Waals surface area contributed by atoms with Gasteiger partial charge in [-0.2, -0.15) is 5.10 Å². The third-order valence-corrected chi connectivity index (χ3v) is 5.39. The van der Waals surface area contributed by atoms with Gasteiger partial charge in [-0.05, 0) is 49.3 Å². The average molecular weight is 343 g/mol. The number of hydrogen-bond acceptors (Lipinski definition) is 3. The van der Waals surface area contributed by atoms with Crippen LogP contribution in [-0.4, -0.2) is 29.0 Å². The van der Waals surface area contributed by atoms with Crippen LogP contribution < -0.4 is 5.32 Å². The third kappa shape index (κ3) is 3.48. The van der Waals surface area contributed by atoms with Crippen LogP contribution >= 0.6 is 0 Å². The number of hydrogen-bond donors (Lipinski definition) is 1. The van der Waals surface area contributed by atoms with Gasteiger partial charge in [0.2, 0.25) is 0 Å². The van der Waals surface area contributed by atoms with Gasteiger partial charge in [0, 0.05) is 36.6 Å². The number of nitrogens with zero attached hydrogens (tertiary/aromatic N) is 2. The molecular formula is C20H26FN3O. The van der Waals surface area contributed by atoms with E-state index in [4.69, 9.17) is 4.74 Å². The largest absolute Gasteiger partial charge is 0.381 e. The van der Waals surface area contributed by atoms with Crippen LogP contribution in [0.4, 0.5) is 4.39 Å². The summed E-state index contributed by atoms with van der Waals surface area (Å²) in [6.45, 7) is 6.28. The predicted octanol–water partition coefficient (Wildman–Crippen LogP) is 3.79. The molecule has 1 fully saturated rings. The second-order valence-electron chi connectivity index (χ2n) is 8.09. The van der Waals surface area contributed by atoms with Gasteiger partial charge in [0.05, 0.1) is 11.9 Å². The summed E-state index contributed by atoms with van der Waals surface area (Å²) in [5.41, 5.74) is 3.44. The van der Waals surface area contributed by atoms with Crippen molar-refractivity contribution in [2.75, 3.05) is 13.2 Å². The van der Waals surface area contributed by atoms with Gasteiger partial charge in [0.1, 0.15) is 5.82 Å². The van der Waals surface area contributed by atoms with Gasteiger partial charge in [0.15, 0.2) is 0 Å². The van der Waals surface area contributed by atoms with E-state index in [9.17, 15) is 4.39 Å². The first kappa shape index (κ1) is 16.7. The molecule has 134 valence electrons. The molecule has 2 aliphatic rings. The highest BCUT2D eigenvalue weighted by molar-refractivity contribution is 5.38. The van der Waals surface area contributed by atoms with E-state index in [0.29, 0.717) is 12.1 Å². The van der Waals surface area contributed by atoms with E-state index in [-0.39, 0.29) is 11.2 Å². The maximum absolute atomic E-state index is 13.7. The number of ether oxygens (including phenoxy) is 1. The quantitative estimate of drug-likeness (QED) is 0.921. The van der Waals surface area contributed by atoms with Crippen LogP contribution in [-0.2, 0) is 11.2 Å². The van der Waals surface area contributed by atoms with Crippen molar-refractivity contribution >= 4 is 0 Å². The average Bonchev–Trinajstić information content (AvgIpc) is 2.98. The molecule has 1 aromatic heterocycles. The van der Waals surface area contributed by atoms with E-state index >= 15 is 0 Å². The van der Waals surface area contributed by atoms with Gasteiger partial charge in [-0.3, -0.25) is 0 Å². The van der Waals surface area contributed by atoms with Crippen LogP contribution in [0.5, 0.6) is 0 Å². The highest BCUT2D eigenvalue weighted by atomic mass is 19.1. The van der Waals surface area contributed by atoms with Crippen LogP contribution in [0.3, 0.4) is 0 Å². The maximum Gasteiger partial charge on any atom is 0.125 e. The Balaban J connectivity index is 1.67. The fraction of sp³-hybridized carbons (Fsp3) is 0.550. The third-order valence-electron chi connectivity index (χ3n) is 5.39. The van der Waals surface area contributed by atoms with Crippen LogP contribution in [0.1, 0.15) is 50.4 Å². The summed E-state index contributed by atoms with van der Waals surface area (Å²) in [6, 6.07) is 7.47. The minimum atomic E-state index is -0.228. The molecule has 1 saturated heterocycles. The van der Waals surface area contributed by atoms with Crippen molar-refractivity contribution in [3.63, 3.8) is 0 Å². The lowest BCUT2D eigenvalue weighted by Crippen LogP contribution is -2.41. The van der Waals surface area contributed by atoms with Crippen molar-refractivity contribution in [3.8, 4) is 5.69 Å². The van der Waals surface area contributed by atoms with Gasteiger partial charge in [-0.1, -0.05) is 19.9 Å². The fourth-order valence-electron chi connectivity index (χ4n) is 4.17. The Morgan fingerprint density at radius 2 is 2.08 bits per heavy atom. The summed E-state index contributed by atoms with van der Waals surface area (Å²) in [6.07, 6.45) is 6.12. The molecule has 0 amide bonds. The Morgan fingerprint density at radius 3 is 2.84 bits per heavy atom. The first-order chi connectivity index (χ1) is 12.0. The zero-order valence-corrected chi connectivity index (χ0v) is 15.0. The molecule has 1 atom stereocenters. The molecule has 0 spiro atoms. The molecule has 4 nitrogen and oxygen atoms in total. The Labute approximate surface area is 148 Å². The summed E-state index contributed by atoms with van der Waals surface area (Å²) in [5.74, 6) is -0.228. The monoisotopic (exact) mass is 343 g/mol. The second kappa shape index (κ2) is 6.54. The van der Waals surface area contributed by atoms with E-state index < -0.39 is 0 Å². The minimum Gasteiger partial charge on any atom is -0.381 e. The van der Waals surface area contributed by atoms with Gasteiger partial charge < -0.3 is 10.1 Å². The highest BCUT2D eigenvalue weighted by Gasteiger charge is 2.36. The van der Waals surface area contributed by atoms with Gasteiger partial charge >= 0.3 is 0 Å². The van der Waals surface area contributed by atoms with E-state index in [2.05, 4.69) is 24.3 Å². The summed E-state index contributed by atoms with van der Waals surface area (Å²) in [7, 11) is 0. The Bertz CT molecular complexity index is 749. The van der Waals surface area contributed by atoms with Crippen LogP contribution in [0.15, 0.2) is 30.5 Å². The van der Waals surface area contributed by atoms with Crippen LogP contribution in [0.2, 0.25) is 0 Å². The molecule has 4 rings (SSSR count). The van der Waals surface area contributed by atoms with E-state index in [1.54, 1.807) is 12.1 Å². The lowest BCUT2D eigenvalue weighted by molar-refractivity contribution is 0.0717. The Morgan fingerprint density at radius 1 is 1.28 bits per heavy atom. The zero-order valence-electron chi connectivity index (χ0n) is 15.0. The molecule has 1 N–H and O–H groups in total. The van der Waals surface area contributed by atoms with Crippen LogP contribution in [0, 0.1) is 11.2 Å². The molecule has 1 unspecified atom stereocenters. The molecule has 25 heavy (non-hydrogen) atoms. The Kier molecular flexibility index (Phi) is 4.38. The molecule has 1 aliphatic heterocycles.